The third-order valence-corrected chi connectivity index (χ3v) is 4.78. The van der Waals surface area contributed by atoms with Crippen LogP contribution >= 0.6 is 0 Å². The molecule has 0 aliphatic heterocycles. The maximum atomic E-state index is 12.7. The average molecular weight is 270 g/mol. The molecule has 0 saturated heterocycles. The van der Waals surface area contributed by atoms with E-state index in [0.717, 1.165) is 18.4 Å². The van der Waals surface area contributed by atoms with Crippen LogP contribution in [0.1, 0.15) is 24.8 Å². The van der Waals surface area contributed by atoms with E-state index in [9.17, 15) is 13.4 Å². The number of carboxylic acid groups (broad SMARTS) is 1. The highest BCUT2D eigenvalue weighted by molar-refractivity contribution is 7.84. The number of hydrogen-bond donors (Lipinski definition) is 1. The van der Waals surface area contributed by atoms with Gasteiger partial charge in [0, 0.05) is 22.3 Å². The first-order chi connectivity index (χ1) is 8.49. The number of hydrogen-bond acceptors (Lipinski definition) is 2. The summed E-state index contributed by atoms with van der Waals surface area (Å²) in [7, 11) is -1.09. The van der Waals surface area contributed by atoms with Gasteiger partial charge in [-0.15, -0.1) is 0 Å². The molecule has 0 heterocycles. The predicted octanol–water partition coefficient (Wildman–Crippen LogP) is 2.33. The topological polar surface area (TPSA) is 54.4 Å². The summed E-state index contributed by atoms with van der Waals surface area (Å²) in [5.74, 6) is -0.349. The Morgan fingerprint density at radius 3 is 2.44 bits per heavy atom. The van der Waals surface area contributed by atoms with Crippen molar-refractivity contribution in [2.24, 2.45) is 5.41 Å². The van der Waals surface area contributed by atoms with Crippen LogP contribution in [0.2, 0.25) is 0 Å². The molecule has 1 N–H and O–H groups in total. The zero-order valence-electron chi connectivity index (χ0n) is 9.89. The van der Waals surface area contributed by atoms with Gasteiger partial charge in [-0.2, -0.15) is 0 Å². The highest BCUT2D eigenvalue weighted by Crippen LogP contribution is 2.49. The molecule has 1 aliphatic carbocycles. The molecular formula is C13H15FO3S. The molecule has 1 aromatic carbocycles. The second kappa shape index (κ2) is 5.18. The van der Waals surface area contributed by atoms with Gasteiger partial charge in [0.1, 0.15) is 5.82 Å². The van der Waals surface area contributed by atoms with E-state index in [1.807, 2.05) is 0 Å². The van der Waals surface area contributed by atoms with Gasteiger partial charge in [-0.1, -0.05) is 12.1 Å². The second-order valence-electron chi connectivity index (χ2n) is 4.93. The molecule has 1 atom stereocenters. The Morgan fingerprint density at radius 1 is 1.33 bits per heavy atom. The van der Waals surface area contributed by atoms with Crippen molar-refractivity contribution < 1.29 is 18.5 Å². The predicted molar refractivity (Wildman–Crippen MR) is 67.0 cm³/mol. The van der Waals surface area contributed by atoms with E-state index in [2.05, 4.69) is 0 Å². The summed E-state index contributed by atoms with van der Waals surface area (Å²) in [5.41, 5.74) is 0.567. The van der Waals surface area contributed by atoms with Crippen LogP contribution in [0.4, 0.5) is 4.39 Å². The molecule has 1 aliphatic rings. The number of aliphatic carboxylic acids is 1. The lowest BCUT2D eigenvalue weighted by Gasteiger charge is -2.11. The summed E-state index contributed by atoms with van der Waals surface area (Å²) >= 11 is 0. The minimum atomic E-state index is -1.09. The lowest BCUT2D eigenvalue weighted by Crippen LogP contribution is -2.17. The van der Waals surface area contributed by atoms with Crippen molar-refractivity contribution in [2.45, 2.75) is 25.0 Å². The van der Waals surface area contributed by atoms with Crippen LogP contribution in [-0.2, 0) is 21.3 Å². The standard InChI is InChI=1S/C13H15FO3S/c14-11-3-1-10(2-4-11)8-18(17)9-13(5-6-13)7-12(15)16/h1-4H,5-9H2,(H,15,16). The van der Waals surface area contributed by atoms with E-state index in [1.165, 1.54) is 12.1 Å². The van der Waals surface area contributed by atoms with Crippen LogP contribution in [0.3, 0.4) is 0 Å². The number of carboxylic acids is 1. The zero-order chi connectivity index (χ0) is 13.2. The van der Waals surface area contributed by atoms with Gasteiger partial charge in [-0.25, -0.2) is 4.39 Å². The smallest absolute Gasteiger partial charge is 0.303 e. The molecular weight excluding hydrogens is 255 g/mol. The Kier molecular flexibility index (Phi) is 3.80. The lowest BCUT2D eigenvalue weighted by atomic mass is 10.1. The Hall–Kier alpha value is -1.23. The van der Waals surface area contributed by atoms with Crippen molar-refractivity contribution in [1.82, 2.24) is 0 Å². The van der Waals surface area contributed by atoms with Crippen LogP contribution in [-0.4, -0.2) is 21.0 Å². The van der Waals surface area contributed by atoms with Crippen molar-refractivity contribution in [3.05, 3.63) is 35.6 Å². The molecule has 1 unspecified atom stereocenters. The Balaban J connectivity index is 1.89. The summed E-state index contributed by atoms with van der Waals surface area (Å²) in [5, 5.41) is 8.78. The molecule has 5 heteroatoms. The fraction of sp³-hybridized carbons (Fsp3) is 0.462. The first-order valence-electron chi connectivity index (χ1n) is 5.80. The van der Waals surface area contributed by atoms with Gasteiger partial charge in [-0.3, -0.25) is 9.00 Å². The van der Waals surface area contributed by atoms with Crippen molar-refractivity contribution in [2.75, 3.05) is 5.75 Å². The Bertz CT molecular complexity index is 466. The quantitative estimate of drug-likeness (QED) is 0.863. The average Bonchev–Trinajstić information content (AvgIpc) is 3.00. The molecule has 1 fully saturated rings. The van der Waals surface area contributed by atoms with Crippen LogP contribution in [0.5, 0.6) is 0 Å². The normalized spacial score (nSPS) is 18.3. The third kappa shape index (κ3) is 3.63. The first kappa shape index (κ1) is 13.2. The maximum absolute atomic E-state index is 12.7. The first-order valence-corrected chi connectivity index (χ1v) is 7.29. The van der Waals surface area contributed by atoms with Crippen LogP contribution in [0.25, 0.3) is 0 Å². The van der Waals surface area contributed by atoms with Crippen molar-refractivity contribution >= 4 is 16.8 Å². The van der Waals surface area contributed by atoms with Crippen LogP contribution in [0, 0.1) is 11.2 Å². The van der Waals surface area contributed by atoms with E-state index in [1.54, 1.807) is 12.1 Å². The maximum Gasteiger partial charge on any atom is 0.303 e. The van der Waals surface area contributed by atoms with Gasteiger partial charge in [0.2, 0.25) is 0 Å². The zero-order valence-corrected chi connectivity index (χ0v) is 10.7. The summed E-state index contributed by atoms with van der Waals surface area (Å²) in [6.45, 7) is 0. The molecule has 0 aromatic heterocycles. The molecule has 98 valence electrons. The van der Waals surface area contributed by atoms with Crippen molar-refractivity contribution in [3.63, 3.8) is 0 Å². The number of benzene rings is 1. The Labute approximate surface area is 107 Å². The van der Waals surface area contributed by atoms with Crippen LogP contribution < -0.4 is 0 Å². The second-order valence-corrected chi connectivity index (χ2v) is 6.38. The summed E-state index contributed by atoms with van der Waals surface area (Å²) < 4.78 is 24.7. The van der Waals surface area contributed by atoms with Crippen molar-refractivity contribution in [1.29, 1.82) is 0 Å². The molecule has 1 aromatic rings. The molecule has 3 nitrogen and oxygen atoms in total. The van der Waals surface area contributed by atoms with E-state index >= 15 is 0 Å². The highest BCUT2D eigenvalue weighted by Gasteiger charge is 2.45. The number of rotatable bonds is 6. The largest absolute Gasteiger partial charge is 0.481 e. The lowest BCUT2D eigenvalue weighted by molar-refractivity contribution is -0.138. The SMILES string of the molecule is O=C(O)CC1(CS(=O)Cc2ccc(F)cc2)CC1. The molecule has 0 amide bonds. The molecule has 0 radical (unpaired) electrons. The van der Waals surface area contributed by atoms with Crippen molar-refractivity contribution in [3.8, 4) is 0 Å². The Morgan fingerprint density at radius 2 is 1.94 bits per heavy atom. The van der Waals surface area contributed by atoms with Gasteiger partial charge in [0.05, 0.1) is 6.42 Å². The number of halogens is 1. The number of carbonyl (C=O) groups is 1. The monoisotopic (exact) mass is 270 g/mol. The van der Waals surface area contributed by atoms with E-state index in [-0.39, 0.29) is 17.7 Å². The summed E-state index contributed by atoms with van der Waals surface area (Å²) in [6.07, 6.45) is 1.78. The molecule has 0 spiro atoms. The van der Waals surface area contributed by atoms with E-state index < -0.39 is 16.8 Å². The van der Waals surface area contributed by atoms with E-state index in [0.29, 0.717) is 11.5 Å². The molecule has 2 rings (SSSR count). The van der Waals surface area contributed by atoms with Gasteiger partial charge < -0.3 is 5.11 Å². The van der Waals surface area contributed by atoms with E-state index in [4.69, 9.17) is 5.11 Å². The fourth-order valence-electron chi connectivity index (χ4n) is 2.03. The van der Waals surface area contributed by atoms with Gasteiger partial charge in [0.25, 0.3) is 0 Å². The fourth-order valence-corrected chi connectivity index (χ4v) is 3.77. The van der Waals surface area contributed by atoms with Gasteiger partial charge in [0.15, 0.2) is 0 Å². The van der Waals surface area contributed by atoms with Gasteiger partial charge in [-0.05, 0) is 36.0 Å². The third-order valence-electron chi connectivity index (χ3n) is 3.19. The minimum absolute atomic E-state index is 0.0994. The van der Waals surface area contributed by atoms with Gasteiger partial charge >= 0.3 is 5.97 Å². The molecule has 1 saturated carbocycles. The molecule has 0 bridgehead atoms. The summed E-state index contributed by atoms with van der Waals surface area (Å²) in [4.78, 5) is 10.7. The molecule has 18 heavy (non-hydrogen) atoms. The minimum Gasteiger partial charge on any atom is -0.481 e. The highest BCUT2D eigenvalue weighted by atomic mass is 32.2. The van der Waals surface area contributed by atoms with Crippen LogP contribution in [0.15, 0.2) is 24.3 Å². The summed E-state index contributed by atoms with van der Waals surface area (Å²) in [6, 6.07) is 5.92.